The number of ether oxygens (including phenoxy) is 2. The van der Waals surface area contributed by atoms with Crippen molar-refractivity contribution in [2.24, 2.45) is 11.8 Å². The van der Waals surface area contributed by atoms with E-state index >= 15 is 0 Å². The predicted molar refractivity (Wildman–Crippen MR) is 122 cm³/mol. The summed E-state index contributed by atoms with van der Waals surface area (Å²) in [7, 11) is 1.40. The van der Waals surface area contributed by atoms with Crippen molar-refractivity contribution in [3.05, 3.63) is 0 Å². The molecule has 3 unspecified atom stereocenters. The van der Waals surface area contributed by atoms with Gasteiger partial charge in [-0.3, -0.25) is 4.79 Å². The van der Waals surface area contributed by atoms with E-state index in [-0.39, 0.29) is 24.0 Å². The van der Waals surface area contributed by atoms with Crippen LogP contribution in [0.4, 0.5) is 4.79 Å². The third kappa shape index (κ3) is 6.38. The van der Waals surface area contributed by atoms with E-state index < -0.39 is 17.7 Å². The lowest BCUT2D eigenvalue weighted by Crippen LogP contribution is -2.48. The van der Waals surface area contributed by atoms with Gasteiger partial charge in [-0.05, 0) is 71.1 Å². The van der Waals surface area contributed by atoms with Gasteiger partial charge in [-0.2, -0.15) is 0 Å². The number of nitrogens with zero attached hydrogens (tertiary/aromatic N) is 1. The fraction of sp³-hybridized carbons (Fsp3) is 0.880. The molecule has 0 aromatic heterocycles. The molecule has 2 saturated carbocycles. The van der Waals surface area contributed by atoms with Gasteiger partial charge in [0, 0.05) is 18.5 Å². The van der Waals surface area contributed by atoms with E-state index in [1.165, 1.54) is 20.0 Å². The summed E-state index contributed by atoms with van der Waals surface area (Å²) in [5.74, 6) is 0.470. The van der Waals surface area contributed by atoms with Gasteiger partial charge in [0.05, 0.1) is 7.11 Å². The van der Waals surface area contributed by atoms with Crippen LogP contribution in [0.2, 0.25) is 0 Å². The average Bonchev–Trinajstić information content (AvgIpc) is 3.15. The molecule has 1 aliphatic heterocycles. The SMILES string of the molecule is COC(=O)[C@@H]1CC2CCCCC2N1C(=O)CCC(NC(=O)OC(C)(C)C)C1CCCCC1. The number of likely N-dealkylation sites (tertiary alicyclic amines) is 1. The minimum Gasteiger partial charge on any atom is -0.467 e. The van der Waals surface area contributed by atoms with Crippen LogP contribution in [-0.4, -0.2) is 53.7 Å². The number of hydrogen-bond donors (Lipinski definition) is 1. The molecular formula is C25H42N2O5. The Labute approximate surface area is 193 Å². The Bertz CT molecular complexity index is 668. The van der Waals surface area contributed by atoms with Crippen LogP contribution >= 0.6 is 0 Å². The minimum atomic E-state index is -0.559. The number of hydrogen-bond acceptors (Lipinski definition) is 5. The molecule has 3 fully saturated rings. The molecule has 32 heavy (non-hydrogen) atoms. The molecule has 7 heteroatoms. The van der Waals surface area contributed by atoms with Gasteiger partial charge in [0.15, 0.2) is 0 Å². The smallest absolute Gasteiger partial charge is 0.407 e. The summed E-state index contributed by atoms with van der Waals surface area (Å²) in [5.41, 5.74) is -0.559. The van der Waals surface area contributed by atoms with E-state index in [4.69, 9.17) is 9.47 Å². The largest absolute Gasteiger partial charge is 0.467 e. The van der Waals surface area contributed by atoms with Crippen molar-refractivity contribution in [1.82, 2.24) is 10.2 Å². The first-order chi connectivity index (χ1) is 15.2. The van der Waals surface area contributed by atoms with Gasteiger partial charge in [-0.1, -0.05) is 32.1 Å². The van der Waals surface area contributed by atoms with Crippen molar-refractivity contribution in [3.63, 3.8) is 0 Å². The Hall–Kier alpha value is -1.79. The second-order valence-electron chi connectivity index (χ2n) is 10.9. The van der Waals surface area contributed by atoms with Crippen molar-refractivity contribution in [2.75, 3.05) is 7.11 Å². The van der Waals surface area contributed by atoms with E-state index in [1.807, 2.05) is 25.7 Å². The van der Waals surface area contributed by atoms with E-state index in [0.29, 0.717) is 31.1 Å². The zero-order valence-electron chi connectivity index (χ0n) is 20.4. The lowest BCUT2D eigenvalue weighted by molar-refractivity contribution is -0.152. The topological polar surface area (TPSA) is 84.9 Å². The van der Waals surface area contributed by atoms with Gasteiger partial charge in [0.2, 0.25) is 5.91 Å². The summed E-state index contributed by atoms with van der Waals surface area (Å²) in [4.78, 5) is 40.2. The highest BCUT2D eigenvalue weighted by Gasteiger charge is 2.47. The lowest BCUT2D eigenvalue weighted by atomic mass is 9.82. The van der Waals surface area contributed by atoms with Crippen LogP contribution in [0.5, 0.6) is 0 Å². The Morgan fingerprint density at radius 3 is 2.31 bits per heavy atom. The molecule has 0 aromatic carbocycles. The highest BCUT2D eigenvalue weighted by atomic mass is 16.6. The monoisotopic (exact) mass is 450 g/mol. The maximum absolute atomic E-state index is 13.4. The number of methoxy groups -OCH3 is 1. The molecule has 7 nitrogen and oxygen atoms in total. The summed E-state index contributed by atoms with van der Waals surface area (Å²) in [6.07, 6.45) is 11.2. The number of esters is 1. The number of alkyl carbamates (subject to hydrolysis) is 1. The van der Waals surface area contributed by atoms with E-state index in [2.05, 4.69) is 5.32 Å². The van der Waals surface area contributed by atoms with Crippen molar-refractivity contribution < 1.29 is 23.9 Å². The summed E-state index contributed by atoms with van der Waals surface area (Å²) in [6, 6.07) is -0.407. The molecule has 1 saturated heterocycles. The highest BCUT2D eigenvalue weighted by molar-refractivity contribution is 5.85. The first-order valence-corrected chi connectivity index (χ1v) is 12.6. The molecule has 1 N–H and O–H groups in total. The van der Waals surface area contributed by atoms with E-state index in [9.17, 15) is 14.4 Å². The number of nitrogens with one attached hydrogen (secondary N) is 1. The van der Waals surface area contributed by atoms with Gasteiger partial charge >= 0.3 is 12.1 Å². The Balaban J connectivity index is 1.67. The van der Waals surface area contributed by atoms with Gasteiger partial charge in [0.1, 0.15) is 11.6 Å². The lowest BCUT2D eigenvalue weighted by Gasteiger charge is -2.35. The second kappa shape index (κ2) is 10.9. The number of rotatable bonds is 6. The molecule has 2 amide bonds. The third-order valence-corrected chi connectivity index (χ3v) is 7.44. The number of fused-ring (bicyclic) bond motifs is 1. The summed E-state index contributed by atoms with van der Waals surface area (Å²) >= 11 is 0. The van der Waals surface area contributed by atoms with Gasteiger partial charge < -0.3 is 19.7 Å². The quantitative estimate of drug-likeness (QED) is 0.599. The molecule has 0 radical (unpaired) electrons. The molecule has 2 aliphatic carbocycles. The van der Waals surface area contributed by atoms with Gasteiger partial charge in [-0.25, -0.2) is 9.59 Å². The van der Waals surface area contributed by atoms with Crippen LogP contribution in [-0.2, 0) is 19.1 Å². The zero-order valence-corrected chi connectivity index (χ0v) is 20.4. The third-order valence-electron chi connectivity index (χ3n) is 7.44. The number of amides is 2. The maximum Gasteiger partial charge on any atom is 0.407 e. The van der Waals surface area contributed by atoms with E-state index in [0.717, 1.165) is 44.9 Å². The number of carbonyl (C=O) groups is 3. The molecule has 4 atom stereocenters. The molecule has 3 aliphatic rings. The average molecular weight is 451 g/mol. The van der Waals surface area contributed by atoms with Gasteiger partial charge in [-0.15, -0.1) is 0 Å². The Kier molecular flexibility index (Phi) is 8.45. The minimum absolute atomic E-state index is 0.0154. The molecule has 3 rings (SSSR count). The van der Waals surface area contributed by atoms with Crippen LogP contribution in [0.25, 0.3) is 0 Å². The summed E-state index contributed by atoms with van der Waals surface area (Å²) < 4.78 is 10.5. The fourth-order valence-electron chi connectivity index (χ4n) is 5.99. The van der Waals surface area contributed by atoms with Crippen LogP contribution in [0.1, 0.15) is 97.8 Å². The molecule has 0 bridgehead atoms. The predicted octanol–water partition coefficient (Wildman–Crippen LogP) is 4.57. The van der Waals surface area contributed by atoms with Crippen molar-refractivity contribution in [3.8, 4) is 0 Å². The van der Waals surface area contributed by atoms with Crippen LogP contribution < -0.4 is 5.32 Å². The van der Waals surface area contributed by atoms with Gasteiger partial charge in [0.25, 0.3) is 0 Å². The first kappa shape index (κ1) is 24.8. The zero-order chi connectivity index (χ0) is 23.3. The molecule has 0 spiro atoms. The summed E-state index contributed by atoms with van der Waals surface area (Å²) in [6.45, 7) is 5.56. The van der Waals surface area contributed by atoms with Crippen LogP contribution in [0.15, 0.2) is 0 Å². The van der Waals surface area contributed by atoms with Crippen molar-refractivity contribution >= 4 is 18.0 Å². The molecule has 0 aromatic rings. The van der Waals surface area contributed by atoms with Crippen molar-refractivity contribution in [2.45, 2.75) is 122 Å². The maximum atomic E-state index is 13.4. The van der Waals surface area contributed by atoms with E-state index in [1.54, 1.807) is 0 Å². The van der Waals surface area contributed by atoms with Crippen LogP contribution in [0, 0.1) is 11.8 Å². The van der Waals surface area contributed by atoms with Crippen LogP contribution in [0.3, 0.4) is 0 Å². The van der Waals surface area contributed by atoms with Crippen molar-refractivity contribution in [1.29, 1.82) is 0 Å². The molecule has 182 valence electrons. The summed E-state index contributed by atoms with van der Waals surface area (Å²) in [5, 5.41) is 3.07. The Morgan fingerprint density at radius 1 is 1.00 bits per heavy atom. The molecule has 1 heterocycles. The highest BCUT2D eigenvalue weighted by Crippen LogP contribution is 2.40. The first-order valence-electron chi connectivity index (χ1n) is 12.6. The molecular weight excluding hydrogens is 408 g/mol. The standard InChI is InChI=1S/C25H42N2O5/c1-25(2,3)32-24(30)26-19(17-10-6-5-7-11-17)14-15-22(28)27-20-13-9-8-12-18(20)16-21(27)23(29)31-4/h17-21H,5-16H2,1-4H3,(H,26,30)/t18?,19?,20?,21-/m0/s1. The Morgan fingerprint density at radius 2 is 1.66 bits per heavy atom. The number of carbonyl (C=O) groups excluding carboxylic acids is 3. The second-order valence-corrected chi connectivity index (χ2v) is 10.9. The fourth-order valence-corrected chi connectivity index (χ4v) is 5.99. The normalized spacial score (nSPS) is 27.4.